The van der Waals surface area contributed by atoms with Gasteiger partial charge in [-0.05, 0) is 19.1 Å². The Labute approximate surface area is 150 Å². The largest absolute Gasteiger partial charge is 0.493 e. The molecule has 25 heavy (non-hydrogen) atoms. The number of ketones is 1. The zero-order valence-electron chi connectivity index (χ0n) is 14.1. The van der Waals surface area contributed by atoms with E-state index in [1.165, 1.54) is 21.1 Å². The summed E-state index contributed by atoms with van der Waals surface area (Å²) in [6.45, 7) is 1.23. The first-order valence-electron chi connectivity index (χ1n) is 7.39. The van der Waals surface area contributed by atoms with Crippen LogP contribution in [0.1, 0.15) is 17.3 Å². The molecule has 0 atom stereocenters. The lowest BCUT2D eigenvalue weighted by Gasteiger charge is -2.13. The number of rotatable bonds is 7. The molecule has 0 unspecified atom stereocenters. The first kappa shape index (κ1) is 18.6. The van der Waals surface area contributed by atoms with Crippen molar-refractivity contribution in [3.05, 3.63) is 47.0 Å². The molecule has 0 fully saturated rings. The maximum absolute atomic E-state index is 12.1. The molecule has 0 heterocycles. The second-order valence-corrected chi connectivity index (χ2v) is 5.52. The number of amides is 1. The molecule has 0 radical (unpaired) electrons. The summed E-state index contributed by atoms with van der Waals surface area (Å²) in [4.78, 5) is 23.4. The fraction of sp³-hybridized carbons (Fsp3) is 0.222. The van der Waals surface area contributed by atoms with Crippen LogP contribution in [0.3, 0.4) is 0 Å². The number of hydrogen-bond acceptors (Lipinski definition) is 5. The number of anilines is 1. The van der Waals surface area contributed by atoms with E-state index in [1.54, 1.807) is 36.4 Å². The summed E-state index contributed by atoms with van der Waals surface area (Å²) in [6.07, 6.45) is 0. The van der Waals surface area contributed by atoms with E-state index in [0.29, 0.717) is 33.5 Å². The van der Waals surface area contributed by atoms with Gasteiger partial charge in [-0.25, -0.2) is 0 Å². The highest BCUT2D eigenvalue weighted by Crippen LogP contribution is 2.35. The van der Waals surface area contributed by atoms with E-state index in [1.807, 2.05) is 0 Å². The van der Waals surface area contributed by atoms with Gasteiger partial charge in [0.2, 0.25) is 0 Å². The molecule has 0 aliphatic heterocycles. The van der Waals surface area contributed by atoms with Crippen LogP contribution in [0.4, 0.5) is 5.69 Å². The van der Waals surface area contributed by atoms with Crippen LogP contribution in [0.15, 0.2) is 36.4 Å². The Morgan fingerprint density at radius 2 is 1.76 bits per heavy atom. The molecule has 6 nitrogen and oxygen atoms in total. The van der Waals surface area contributed by atoms with Crippen molar-refractivity contribution < 1.29 is 23.8 Å². The van der Waals surface area contributed by atoms with Gasteiger partial charge in [0, 0.05) is 17.7 Å². The zero-order valence-corrected chi connectivity index (χ0v) is 14.8. The number of benzene rings is 2. The smallest absolute Gasteiger partial charge is 0.262 e. The van der Waals surface area contributed by atoms with Crippen molar-refractivity contribution in [3.63, 3.8) is 0 Å². The molecule has 1 N–H and O–H groups in total. The third-order valence-electron chi connectivity index (χ3n) is 3.36. The van der Waals surface area contributed by atoms with Gasteiger partial charge in [0.25, 0.3) is 5.91 Å². The van der Waals surface area contributed by atoms with Gasteiger partial charge in [-0.15, -0.1) is 0 Å². The summed E-state index contributed by atoms with van der Waals surface area (Å²) in [5.74, 6) is 0.857. The number of halogens is 1. The predicted octanol–water partition coefficient (Wildman–Crippen LogP) is 3.58. The number of nitrogens with one attached hydrogen (secondary N) is 1. The van der Waals surface area contributed by atoms with Crippen molar-refractivity contribution in [2.24, 2.45) is 0 Å². The number of ether oxygens (including phenoxy) is 3. The third kappa shape index (κ3) is 4.87. The maximum Gasteiger partial charge on any atom is 0.262 e. The minimum absolute atomic E-state index is 0.0768. The van der Waals surface area contributed by atoms with Gasteiger partial charge in [-0.2, -0.15) is 0 Å². The van der Waals surface area contributed by atoms with E-state index in [2.05, 4.69) is 5.32 Å². The average Bonchev–Trinajstić information content (AvgIpc) is 2.61. The van der Waals surface area contributed by atoms with E-state index in [4.69, 9.17) is 25.8 Å². The lowest BCUT2D eigenvalue weighted by molar-refractivity contribution is -0.118. The summed E-state index contributed by atoms with van der Waals surface area (Å²) in [5.41, 5.74) is 0.895. The number of Topliss-reactive ketones (excluding diaryl/α,β-unsaturated/α-hetero) is 1. The van der Waals surface area contributed by atoms with Crippen LogP contribution in [0.2, 0.25) is 5.02 Å². The highest BCUT2D eigenvalue weighted by Gasteiger charge is 2.13. The SMILES string of the molecule is COc1cc(Cl)c(NC(=O)COc2cccc(C(C)=O)c2)cc1OC. The fourth-order valence-electron chi connectivity index (χ4n) is 2.09. The Bertz CT molecular complexity index is 791. The van der Waals surface area contributed by atoms with E-state index in [0.717, 1.165) is 0 Å². The second kappa shape index (κ2) is 8.39. The predicted molar refractivity (Wildman–Crippen MR) is 95.1 cm³/mol. The van der Waals surface area contributed by atoms with Crippen molar-refractivity contribution >= 4 is 29.0 Å². The van der Waals surface area contributed by atoms with E-state index in [9.17, 15) is 9.59 Å². The zero-order chi connectivity index (χ0) is 18.4. The fourth-order valence-corrected chi connectivity index (χ4v) is 2.29. The molecular weight excluding hydrogens is 346 g/mol. The van der Waals surface area contributed by atoms with E-state index >= 15 is 0 Å². The van der Waals surface area contributed by atoms with E-state index in [-0.39, 0.29) is 12.4 Å². The Morgan fingerprint density at radius 3 is 2.40 bits per heavy atom. The minimum atomic E-state index is -0.401. The monoisotopic (exact) mass is 363 g/mol. The molecule has 1 amide bonds. The molecule has 0 aliphatic carbocycles. The molecule has 7 heteroatoms. The topological polar surface area (TPSA) is 73.9 Å². The van der Waals surface area contributed by atoms with Crippen molar-refractivity contribution in [2.75, 3.05) is 26.1 Å². The van der Waals surface area contributed by atoms with Crippen LogP contribution >= 0.6 is 11.6 Å². The number of methoxy groups -OCH3 is 2. The number of hydrogen-bond donors (Lipinski definition) is 1. The first-order chi connectivity index (χ1) is 11.9. The van der Waals surface area contributed by atoms with Crippen LogP contribution in [0.25, 0.3) is 0 Å². The maximum atomic E-state index is 12.1. The molecule has 0 aliphatic rings. The lowest BCUT2D eigenvalue weighted by Crippen LogP contribution is -2.20. The first-order valence-corrected chi connectivity index (χ1v) is 7.77. The van der Waals surface area contributed by atoms with Crippen LogP contribution in [0.5, 0.6) is 17.2 Å². The van der Waals surface area contributed by atoms with Gasteiger partial charge in [-0.1, -0.05) is 23.7 Å². The van der Waals surface area contributed by atoms with Crippen LogP contribution in [-0.4, -0.2) is 32.5 Å². The molecule has 2 aromatic carbocycles. The summed E-state index contributed by atoms with van der Waals surface area (Å²) >= 11 is 6.13. The summed E-state index contributed by atoms with van der Waals surface area (Å²) in [7, 11) is 2.98. The molecule has 0 saturated carbocycles. The van der Waals surface area contributed by atoms with Gasteiger partial charge in [0.1, 0.15) is 5.75 Å². The second-order valence-electron chi connectivity index (χ2n) is 5.11. The highest BCUT2D eigenvalue weighted by molar-refractivity contribution is 6.34. The molecule has 0 bridgehead atoms. The number of carbonyl (C=O) groups excluding carboxylic acids is 2. The summed E-state index contributed by atoms with van der Waals surface area (Å²) in [6, 6.07) is 9.73. The standard InChI is InChI=1S/C18H18ClNO5/c1-11(21)12-5-4-6-13(7-12)25-10-18(22)20-15-9-17(24-3)16(23-2)8-14(15)19/h4-9H,10H2,1-3H3,(H,20,22). The minimum Gasteiger partial charge on any atom is -0.493 e. The molecule has 132 valence electrons. The van der Waals surface area contributed by atoms with Gasteiger partial charge in [-0.3, -0.25) is 9.59 Å². The van der Waals surface area contributed by atoms with Crippen LogP contribution < -0.4 is 19.5 Å². The Balaban J connectivity index is 2.03. The summed E-state index contributed by atoms with van der Waals surface area (Å²) < 4.78 is 15.7. The molecule has 0 spiro atoms. The van der Waals surface area contributed by atoms with Gasteiger partial charge in [0.15, 0.2) is 23.9 Å². The Hall–Kier alpha value is -2.73. The molecule has 0 aromatic heterocycles. The van der Waals surface area contributed by atoms with Crippen molar-refractivity contribution in [3.8, 4) is 17.2 Å². The normalized spacial score (nSPS) is 10.1. The van der Waals surface area contributed by atoms with Crippen molar-refractivity contribution in [1.82, 2.24) is 0 Å². The highest BCUT2D eigenvalue weighted by atomic mass is 35.5. The Morgan fingerprint density at radius 1 is 1.08 bits per heavy atom. The molecular formula is C18H18ClNO5. The summed E-state index contributed by atoms with van der Waals surface area (Å²) in [5, 5.41) is 2.96. The van der Waals surface area contributed by atoms with Gasteiger partial charge < -0.3 is 19.5 Å². The molecule has 2 aromatic rings. The Kier molecular flexibility index (Phi) is 6.25. The average molecular weight is 364 g/mol. The number of carbonyl (C=O) groups is 2. The van der Waals surface area contributed by atoms with Gasteiger partial charge >= 0.3 is 0 Å². The molecule has 2 rings (SSSR count). The molecule has 0 saturated heterocycles. The van der Waals surface area contributed by atoms with Crippen molar-refractivity contribution in [1.29, 1.82) is 0 Å². The van der Waals surface area contributed by atoms with Gasteiger partial charge in [0.05, 0.1) is 24.9 Å². The lowest BCUT2D eigenvalue weighted by atomic mass is 10.1. The van der Waals surface area contributed by atoms with E-state index < -0.39 is 5.91 Å². The quantitative estimate of drug-likeness (QED) is 0.761. The third-order valence-corrected chi connectivity index (χ3v) is 3.67. The van der Waals surface area contributed by atoms with Crippen LogP contribution in [-0.2, 0) is 4.79 Å². The van der Waals surface area contributed by atoms with Crippen molar-refractivity contribution in [2.45, 2.75) is 6.92 Å². The van der Waals surface area contributed by atoms with Crippen LogP contribution in [0, 0.1) is 0 Å².